The van der Waals surface area contributed by atoms with Crippen LogP contribution >= 0.6 is 31.1 Å². The number of H-pyrrole nitrogens is 2. The molecule has 0 saturated heterocycles. The summed E-state index contributed by atoms with van der Waals surface area (Å²) in [5, 5.41) is 3.02. The van der Waals surface area contributed by atoms with Gasteiger partial charge in [0.05, 0.1) is 37.0 Å². The van der Waals surface area contributed by atoms with Crippen LogP contribution in [0.5, 0.6) is 0 Å². The van der Waals surface area contributed by atoms with E-state index in [0.717, 1.165) is 22.5 Å². The number of hydrogen-bond acceptors (Lipinski definition) is 7. The van der Waals surface area contributed by atoms with E-state index in [9.17, 15) is 4.57 Å². The molecule has 176 valence electrons. The zero-order valence-electron chi connectivity index (χ0n) is 18.8. The molecule has 4 rings (SSSR count). The summed E-state index contributed by atoms with van der Waals surface area (Å²) < 4.78 is 25.3. The monoisotopic (exact) mass is 512 g/mol. The zero-order valence-corrected chi connectivity index (χ0v) is 21.3. The first-order chi connectivity index (χ1) is 16.6. The summed E-state index contributed by atoms with van der Waals surface area (Å²) in [6, 6.07) is 19.9. The molecule has 10 heteroatoms. The Morgan fingerprint density at radius 3 is 1.88 bits per heavy atom. The summed E-state index contributed by atoms with van der Waals surface area (Å²) in [6.45, 7) is 4.10. The Bertz CT molecular complexity index is 1270. The van der Waals surface area contributed by atoms with Crippen LogP contribution in [0.15, 0.2) is 93.4 Å². The Balaban J connectivity index is 1.60. The second-order valence-corrected chi connectivity index (χ2v) is 11.1. The largest absolute Gasteiger partial charge is 0.368 e. The van der Waals surface area contributed by atoms with E-state index >= 15 is 0 Å². The van der Waals surface area contributed by atoms with Crippen LogP contribution in [0.2, 0.25) is 0 Å². The zero-order chi connectivity index (χ0) is 23.8. The van der Waals surface area contributed by atoms with E-state index < -0.39 is 7.60 Å². The average molecular weight is 513 g/mol. The second kappa shape index (κ2) is 11.7. The summed E-state index contributed by atoms with van der Waals surface area (Å²) in [7, 11) is -3.54. The molecule has 34 heavy (non-hydrogen) atoms. The molecule has 0 unspecified atom stereocenters. The van der Waals surface area contributed by atoms with Crippen molar-refractivity contribution in [3.63, 3.8) is 0 Å². The number of nitrogens with zero attached hydrogens (tertiary/aromatic N) is 2. The van der Waals surface area contributed by atoms with Gasteiger partial charge in [0.15, 0.2) is 10.3 Å². The SMILES string of the molecule is CCOP(=O)(OCC)/C(=C/Sc1ncc(-c2ccccc2)[nH]1)Sc1ncc(-c2ccccc2)[nH]1. The first-order valence-corrected chi connectivity index (χ1v) is 14.0. The van der Waals surface area contributed by atoms with Crippen LogP contribution in [0.4, 0.5) is 0 Å². The minimum Gasteiger partial charge on any atom is -0.333 e. The lowest BCUT2D eigenvalue weighted by Crippen LogP contribution is -1.97. The molecule has 0 atom stereocenters. The maximum Gasteiger partial charge on any atom is 0.368 e. The molecule has 0 radical (unpaired) electrons. The quantitative estimate of drug-likeness (QED) is 0.160. The number of hydrogen-bond donors (Lipinski definition) is 2. The predicted octanol–water partition coefficient (Wildman–Crippen LogP) is 7.42. The van der Waals surface area contributed by atoms with E-state index in [4.69, 9.17) is 9.05 Å². The lowest BCUT2D eigenvalue weighted by molar-refractivity contribution is 0.228. The maximum absolute atomic E-state index is 13.6. The van der Waals surface area contributed by atoms with Gasteiger partial charge in [-0.15, -0.1) is 0 Å². The Morgan fingerprint density at radius 1 is 0.853 bits per heavy atom. The first-order valence-electron chi connectivity index (χ1n) is 10.8. The van der Waals surface area contributed by atoms with Crippen LogP contribution in [0.1, 0.15) is 13.8 Å². The summed E-state index contributed by atoms with van der Waals surface area (Å²) in [5.74, 6) is 0. The van der Waals surface area contributed by atoms with Crippen molar-refractivity contribution in [1.29, 1.82) is 0 Å². The van der Waals surface area contributed by atoms with Crippen molar-refractivity contribution in [2.45, 2.75) is 24.2 Å². The lowest BCUT2D eigenvalue weighted by atomic mass is 10.2. The molecular weight excluding hydrogens is 487 g/mol. The van der Waals surface area contributed by atoms with Crippen molar-refractivity contribution in [2.75, 3.05) is 13.2 Å². The van der Waals surface area contributed by atoms with Gasteiger partial charge in [0.1, 0.15) is 4.65 Å². The van der Waals surface area contributed by atoms with Gasteiger partial charge in [0.2, 0.25) is 0 Å². The molecule has 2 aromatic carbocycles. The summed E-state index contributed by atoms with van der Waals surface area (Å²) in [6.07, 6.45) is 3.54. The van der Waals surface area contributed by atoms with Gasteiger partial charge in [0, 0.05) is 5.41 Å². The van der Waals surface area contributed by atoms with E-state index in [2.05, 4.69) is 19.9 Å². The van der Waals surface area contributed by atoms with Crippen molar-refractivity contribution < 1.29 is 13.6 Å². The molecule has 2 N–H and O–H groups in total. The Morgan fingerprint density at radius 2 is 1.35 bits per heavy atom. The molecule has 2 heterocycles. The van der Waals surface area contributed by atoms with Crippen molar-refractivity contribution in [1.82, 2.24) is 19.9 Å². The number of aromatic nitrogens is 4. The third kappa shape index (κ3) is 6.11. The third-order valence-corrected chi connectivity index (χ3v) is 9.26. The Kier molecular flexibility index (Phi) is 8.48. The minimum atomic E-state index is -3.54. The Labute approximate surface area is 207 Å². The molecule has 0 aliphatic rings. The topological polar surface area (TPSA) is 92.9 Å². The van der Waals surface area contributed by atoms with E-state index in [-0.39, 0.29) is 13.2 Å². The minimum absolute atomic E-state index is 0.256. The van der Waals surface area contributed by atoms with E-state index in [1.165, 1.54) is 23.5 Å². The van der Waals surface area contributed by atoms with Crippen molar-refractivity contribution in [3.05, 3.63) is 83.1 Å². The molecule has 0 spiro atoms. The molecule has 0 amide bonds. The molecule has 0 aliphatic carbocycles. The van der Waals surface area contributed by atoms with Crippen LogP contribution in [0.3, 0.4) is 0 Å². The van der Waals surface area contributed by atoms with Gasteiger partial charge in [-0.1, -0.05) is 72.4 Å². The van der Waals surface area contributed by atoms with Crippen molar-refractivity contribution >= 4 is 31.1 Å². The summed E-state index contributed by atoms with van der Waals surface area (Å²) in [5.41, 5.74) is 3.83. The standard InChI is InChI=1S/C24H25N4O3PS2/c1-3-30-32(29,31-4-2)22(34-24-26-16-21(28-24)19-13-9-6-10-14-19)17-33-23-25-15-20(27-23)18-11-7-5-8-12-18/h5-17H,3-4H2,1-2H3,(H,25,27)(H,26,28)/b22-17-. The van der Waals surface area contributed by atoms with Gasteiger partial charge >= 0.3 is 7.60 Å². The molecule has 0 bridgehead atoms. The summed E-state index contributed by atoms with van der Waals surface area (Å²) in [4.78, 5) is 15.5. The fourth-order valence-electron chi connectivity index (χ4n) is 3.10. The third-order valence-electron chi connectivity index (χ3n) is 4.62. The smallest absolute Gasteiger partial charge is 0.333 e. The number of benzene rings is 2. The second-order valence-electron chi connectivity index (χ2n) is 6.95. The Hall–Kier alpha value is -2.55. The number of thioether (sulfide) groups is 2. The van der Waals surface area contributed by atoms with Crippen molar-refractivity contribution in [3.8, 4) is 22.5 Å². The van der Waals surface area contributed by atoms with Gasteiger partial charge in [-0.05, 0) is 36.7 Å². The fraction of sp³-hybridized carbons (Fsp3) is 0.167. The molecule has 0 fully saturated rings. The predicted molar refractivity (Wildman–Crippen MR) is 139 cm³/mol. The van der Waals surface area contributed by atoms with Gasteiger partial charge in [-0.25, -0.2) is 9.97 Å². The van der Waals surface area contributed by atoms with Gasteiger partial charge in [0.25, 0.3) is 0 Å². The van der Waals surface area contributed by atoms with Crippen molar-refractivity contribution in [2.24, 2.45) is 0 Å². The number of aromatic amines is 2. The highest BCUT2D eigenvalue weighted by Gasteiger charge is 2.31. The van der Waals surface area contributed by atoms with Crippen LogP contribution in [-0.4, -0.2) is 33.1 Å². The first kappa shape index (κ1) is 24.6. The van der Waals surface area contributed by atoms with E-state index in [1.807, 2.05) is 60.7 Å². The number of imidazole rings is 2. The number of nitrogens with one attached hydrogen (secondary N) is 2. The summed E-state index contributed by atoms with van der Waals surface area (Å²) >= 11 is 2.55. The molecular formula is C24H25N4O3PS2. The van der Waals surface area contributed by atoms with Crippen LogP contribution in [0.25, 0.3) is 22.5 Å². The highest BCUT2D eigenvalue weighted by Crippen LogP contribution is 2.62. The van der Waals surface area contributed by atoms with Crippen LogP contribution in [-0.2, 0) is 13.6 Å². The number of rotatable bonds is 11. The van der Waals surface area contributed by atoms with Crippen LogP contribution < -0.4 is 0 Å². The van der Waals surface area contributed by atoms with Gasteiger partial charge in [-0.3, -0.25) is 4.57 Å². The molecule has 7 nitrogen and oxygen atoms in total. The molecule has 0 aliphatic heterocycles. The molecule has 2 aromatic heterocycles. The highest BCUT2D eigenvalue weighted by molar-refractivity contribution is 8.11. The lowest BCUT2D eigenvalue weighted by Gasteiger charge is -2.18. The normalized spacial score (nSPS) is 12.2. The van der Waals surface area contributed by atoms with Gasteiger partial charge in [-0.2, -0.15) is 0 Å². The maximum atomic E-state index is 13.6. The molecule has 4 aromatic rings. The van der Waals surface area contributed by atoms with Crippen LogP contribution in [0, 0.1) is 0 Å². The van der Waals surface area contributed by atoms with E-state index in [1.54, 1.807) is 31.6 Å². The molecule has 0 saturated carbocycles. The van der Waals surface area contributed by atoms with E-state index in [0.29, 0.717) is 15.0 Å². The average Bonchev–Trinajstić information content (AvgIpc) is 3.53. The fourth-order valence-corrected chi connectivity index (χ4v) is 7.10. The highest BCUT2D eigenvalue weighted by atomic mass is 32.2. The van der Waals surface area contributed by atoms with Gasteiger partial charge < -0.3 is 19.0 Å².